The molecular formula is C24H25N5O4. The molecule has 0 saturated carbocycles. The number of rotatable bonds is 6. The monoisotopic (exact) mass is 447 g/mol. The molecule has 4 rings (SSSR count). The summed E-state index contributed by atoms with van der Waals surface area (Å²) < 4.78 is 13.1. The Hall–Kier alpha value is -4.19. The van der Waals surface area contributed by atoms with Crippen molar-refractivity contribution in [2.45, 2.75) is 26.5 Å². The van der Waals surface area contributed by atoms with E-state index in [-0.39, 0.29) is 24.9 Å². The number of carbonyl (C=O) groups is 2. The fourth-order valence-corrected chi connectivity index (χ4v) is 3.99. The van der Waals surface area contributed by atoms with Gasteiger partial charge in [0.15, 0.2) is 6.10 Å². The number of hydrogen-bond donors (Lipinski definition) is 2. The van der Waals surface area contributed by atoms with Gasteiger partial charge in [0.2, 0.25) is 5.91 Å². The topological polar surface area (TPSA) is 113 Å². The van der Waals surface area contributed by atoms with E-state index < -0.39 is 6.10 Å². The molecule has 3 heterocycles. The molecule has 0 aliphatic carbocycles. The molecule has 0 radical (unpaired) electrons. The summed E-state index contributed by atoms with van der Waals surface area (Å²) in [6.45, 7) is 4.36. The molecule has 0 spiro atoms. The Kier molecular flexibility index (Phi) is 6.09. The third-order valence-electron chi connectivity index (χ3n) is 5.83. The summed E-state index contributed by atoms with van der Waals surface area (Å²) in [5.41, 5.74) is 2.81. The fraction of sp³-hybridized carbons (Fsp3) is 0.292. The number of likely N-dealkylation sites (N-methyl/N-ethyl adjacent to an activating group) is 1. The number of fused-ring (bicyclic) bond motifs is 1. The molecule has 1 atom stereocenters. The molecule has 1 aliphatic rings. The third kappa shape index (κ3) is 4.28. The lowest BCUT2D eigenvalue weighted by Gasteiger charge is -2.35. The van der Waals surface area contributed by atoms with Crippen LogP contribution < -0.4 is 20.3 Å². The van der Waals surface area contributed by atoms with Crippen molar-refractivity contribution in [3.63, 3.8) is 0 Å². The van der Waals surface area contributed by atoms with Crippen molar-refractivity contribution in [3.05, 3.63) is 65.2 Å². The number of aromatic nitrogens is 1. The molecule has 0 unspecified atom stereocenters. The molecule has 0 fully saturated rings. The van der Waals surface area contributed by atoms with Gasteiger partial charge in [0.05, 0.1) is 37.1 Å². The van der Waals surface area contributed by atoms with Crippen molar-refractivity contribution in [2.75, 3.05) is 30.4 Å². The molecule has 9 nitrogen and oxygen atoms in total. The highest BCUT2D eigenvalue weighted by Gasteiger charge is 2.31. The van der Waals surface area contributed by atoms with Gasteiger partial charge in [-0.25, -0.2) is 0 Å². The number of nitriles is 1. The molecule has 2 N–H and O–H groups in total. The van der Waals surface area contributed by atoms with E-state index in [2.05, 4.69) is 16.7 Å². The maximum Gasteiger partial charge on any atom is 0.262 e. The number of amides is 2. The predicted molar refractivity (Wildman–Crippen MR) is 122 cm³/mol. The van der Waals surface area contributed by atoms with Gasteiger partial charge in [-0.15, -0.1) is 0 Å². The second kappa shape index (κ2) is 9.12. The van der Waals surface area contributed by atoms with E-state index in [1.54, 1.807) is 30.3 Å². The van der Waals surface area contributed by atoms with Gasteiger partial charge in [0.25, 0.3) is 5.91 Å². The minimum absolute atomic E-state index is 0.0111. The van der Waals surface area contributed by atoms with E-state index in [9.17, 15) is 14.9 Å². The highest BCUT2D eigenvalue weighted by atomic mass is 16.5. The van der Waals surface area contributed by atoms with Crippen LogP contribution in [0.5, 0.6) is 5.75 Å². The molecule has 1 aliphatic heterocycles. The Morgan fingerprint density at radius 2 is 2.00 bits per heavy atom. The lowest BCUT2D eigenvalue weighted by molar-refractivity contribution is -0.127. The second-order valence-corrected chi connectivity index (χ2v) is 7.83. The van der Waals surface area contributed by atoms with Crippen molar-refractivity contribution in [1.82, 2.24) is 9.88 Å². The summed E-state index contributed by atoms with van der Waals surface area (Å²) in [5.74, 6) is 1.11. The molecule has 9 heteroatoms. The number of para-hydroxylation sites is 2. The number of benzene rings is 1. The summed E-state index contributed by atoms with van der Waals surface area (Å²) in [6.07, 6.45) is 0.850. The Bertz CT molecular complexity index is 1220. The standard InChI is InChI=1S/C24H25N5O4/c1-15-16(2)29(12-17-7-6-10-32-17)23(18(15)11-25)27-22(30)14-28-13-21(24(31)26-3)33-20-9-5-4-8-19(20)28/h4-10,21H,12-14H2,1-3H3,(H,26,31)(H,27,30)/t21-/m0/s1. The lowest BCUT2D eigenvalue weighted by Crippen LogP contribution is -2.50. The predicted octanol–water partition coefficient (Wildman–Crippen LogP) is 2.57. The zero-order valence-corrected chi connectivity index (χ0v) is 18.7. The van der Waals surface area contributed by atoms with Crippen LogP contribution in [0.25, 0.3) is 0 Å². The molecule has 1 aromatic carbocycles. The van der Waals surface area contributed by atoms with Crippen LogP contribution in [0.4, 0.5) is 11.5 Å². The Morgan fingerprint density at radius 3 is 2.70 bits per heavy atom. The molecule has 3 aromatic rings. The number of carbonyl (C=O) groups excluding carboxylic acids is 2. The molecule has 33 heavy (non-hydrogen) atoms. The number of nitrogens with one attached hydrogen (secondary N) is 2. The zero-order valence-electron chi connectivity index (χ0n) is 18.7. The number of furan rings is 1. The first kappa shape index (κ1) is 22.0. The third-order valence-corrected chi connectivity index (χ3v) is 5.83. The van der Waals surface area contributed by atoms with Gasteiger partial charge in [0, 0.05) is 12.7 Å². The van der Waals surface area contributed by atoms with Gasteiger partial charge in [-0.1, -0.05) is 12.1 Å². The number of anilines is 2. The maximum absolute atomic E-state index is 13.1. The maximum atomic E-state index is 13.1. The first-order chi connectivity index (χ1) is 15.9. The smallest absolute Gasteiger partial charge is 0.262 e. The average molecular weight is 447 g/mol. The van der Waals surface area contributed by atoms with Crippen LogP contribution in [0.15, 0.2) is 47.1 Å². The van der Waals surface area contributed by atoms with Crippen molar-refractivity contribution in [2.24, 2.45) is 0 Å². The lowest BCUT2D eigenvalue weighted by atomic mass is 10.1. The van der Waals surface area contributed by atoms with Gasteiger partial charge in [-0.05, 0) is 43.7 Å². The van der Waals surface area contributed by atoms with E-state index in [1.165, 1.54) is 0 Å². The highest BCUT2D eigenvalue weighted by molar-refractivity contribution is 5.95. The number of nitrogens with zero attached hydrogens (tertiary/aromatic N) is 3. The average Bonchev–Trinajstić information content (AvgIpc) is 3.41. The van der Waals surface area contributed by atoms with Gasteiger partial charge >= 0.3 is 0 Å². The largest absolute Gasteiger partial charge is 0.477 e. The van der Waals surface area contributed by atoms with Gasteiger partial charge in [-0.3, -0.25) is 9.59 Å². The van der Waals surface area contributed by atoms with Crippen molar-refractivity contribution in [1.29, 1.82) is 5.26 Å². The zero-order chi connectivity index (χ0) is 23.5. The summed E-state index contributed by atoms with van der Waals surface area (Å²) in [6, 6.07) is 13.1. The first-order valence-corrected chi connectivity index (χ1v) is 10.6. The Labute approximate surface area is 191 Å². The summed E-state index contributed by atoms with van der Waals surface area (Å²) in [4.78, 5) is 27.2. The van der Waals surface area contributed by atoms with Crippen molar-refractivity contribution < 1.29 is 18.7 Å². The van der Waals surface area contributed by atoms with Gasteiger partial charge in [0.1, 0.15) is 23.4 Å². The minimum atomic E-state index is -0.736. The van der Waals surface area contributed by atoms with E-state index in [0.29, 0.717) is 29.4 Å². The minimum Gasteiger partial charge on any atom is -0.477 e. The molecular weight excluding hydrogens is 422 g/mol. The van der Waals surface area contributed by atoms with Crippen molar-refractivity contribution in [3.8, 4) is 11.8 Å². The van der Waals surface area contributed by atoms with Crippen LogP contribution in [0.2, 0.25) is 0 Å². The molecule has 0 bridgehead atoms. The van der Waals surface area contributed by atoms with Gasteiger partial charge < -0.3 is 29.3 Å². The quantitative estimate of drug-likeness (QED) is 0.601. The summed E-state index contributed by atoms with van der Waals surface area (Å²) in [5, 5.41) is 15.3. The molecule has 0 saturated heterocycles. The second-order valence-electron chi connectivity index (χ2n) is 7.83. The Balaban J connectivity index is 1.60. The normalized spacial score (nSPS) is 14.7. The van der Waals surface area contributed by atoms with E-state index in [0.717, 1.165) is 16.9 Å². The van der Waals surface area contributed by atoms with Crippen LogP contribution in [0.1, 0.15) is 22.6 Å². The van der Waals surface area contributed by atoms with E-state index >= 15 is 0 Å². The summed E-state index contributed by atoms with van der Waals surface area (Å²) in [7, 11) is 1.55. The fourth-order valence-electron chi connectivity index (χ4n) is 3.99. The van der Waals surface area contributed by atoms with E-state index in [1.807, 2.05) is 42.7 Å². The summed E-state index contributed by atoms with van der Waals surface area (Å²) >= 11 is 0. The van der Waals surface area contributed by atoms with Gasteiger partial charge in [-0.2, -0.15) is 5.26 Å². The van der Waals surface area contributed by atoms with Crippen LogP contribution in [0.3, 0.4) is 0 Å². The van der Waals surface area contributed by atoms with Crippen LogP contribution in [0, 0.1) is 25.2 Å². The van der Waals surface area contributed by atoms with E-state index in [4.69, 9.17) is 9.15 Å². The van der Waals surface area contributed by atoms with Crippen LogP contribution in [-0.4, -0.2) is 42.6 Å². The number of ether oxygens (including phenoxy) is 1. The van der Waals surface area contributed by atoms with Crippen LogP contribution >= 0.6 is 0 Å². The molecule has 2 amide bonds. The molecule has 170 valence electrons. The SMILES string of the molecule is CNC(=O)[C@@H]1CN(CC(=O)Nc2c(C#N)c(C)c(C)n2Cc2ccco2)c2ccccc2O1. The van der Waals surface area contributed by atoms with Crippen molar-refractivity contribution >= 4 is 23.3 Å². The number of hydrogen-bond acceptors (Lipinski definition) is 6. The molecule has 2 aromatic heterocycles. The highest BCUT2D eigenvalue weighted by Crippen LogP contribution is 2.33. The Morgan fingerprint density at radius 1 is 1.21 bits per heavy atom. The first-order valence-electron chi connectivity index (χ1n) is 10.6. The van der Waals surface area contributed by atoms with Crippen LogP contribution in [-0.2, 0) is 16.1 Å².